The Bertz CT molecular complexity index is 951. The van der Waals surface area contributed by atoms with Crippen LogP contribution in [0.25, 0.3) is 5.82 Å². The Morgan fingerprint density at radius 1 is 1.27 bits per heavy atom. The van der Waals surface area contributed by atoms with E-state index in [-0.39, 0.29) is 0 Å². The van der Waals surface area contributed by atoms with Crippen molar-refractivity contribution < 1.29 is 9.53 Å². The number of ether oxygens (including phenoxy) is 1. The van der Waals surface area contributed by atoms with Crippen molar-refractivity contribution in [2.45, 2.75) is 20.8 Å². The first kappa shape index (κ1) is 17.4. The molecule has 0 aliphatic rings. The number of rotatable bonds is 5. The number of nitrogens with two attached hydrogens (primary N) is 1. The highest BCUT2D eigenvalue weighted by molar-refractivity contribution is 5.97. The number of carbonyl (C=O) groups is 1. The molecule has 3 rings (SSSR count). The fraction of sp³-hybridized carbons (Fsp3) is 0.222. The number of carbonyl (C=O) groups excluding carboxylic acids is 1. The van der Waals surface area contributed by atoms with Gasteiger partial charge in [-0.1, -0.05) is 12.1 Å². The highest BCUT2D eigenvalue weighted by Gasteiger charge is 2.16. The number of nitrogen functional groups attached to an aromatic ring is 1. The van der Waals surface area contributed by atoms with Crippen LogP contribution in [0.1, 0.15) is 28.7 Å². The number of aryl methyl sites for hydroxylation is 2. The van der Waals surface area contributed by atoms with Crippen LogP contribution in [0, 0.1) is 13.8 Å². The van der Waals surface area contributed by atoms with Crippen LogP contribution in [-0.4, -0.2) is 32.3 Å². The highest BCUT2D eigenvalue weighted by Crippen LogP contribution is 2.27. The van der Waals surface area contributed by atoms with Gasteiger partial charge in [0.2, 0.25) is 0 Å². The van der Waals surface area contributed by atoms with Crippen LogP contribution >= 0.6 is 0 Å². The van der Waals surface area contributed by atoms with Crippen LogP contribution in [0.2, 0.25) is 0 Å². The second-order valence-electron chi connectivity index (χ2n) is 5.69. The third-order valence-corrected chi connectivity index (χ3v) is 3.75. The lowest BCUT2D eigenvalue weighted by Gasteiger charge is -2.14. The summed E-state index contributed by atoms with van der Waals surface area (Å²) in [4.78, 5) is 20.6. The molecule has 2 heterocycles. The van der Waals surface area contributed by atoms with Crippen LogP contribution in [-0.2, 0) is 4.74 Å². The maximum Gasteiger partial charge on any atom is 0.340 e. The molecule has 8 nitrogen and oxygen atoms in total. The lowest BCUT2D eigenvalue weighted by molar-refractivity contribution is 0.0527. The predicted molar refractivity (Wildman–Crippen MR) is 98.7 cm³/mol. The Morgan fingerprint density at radius 3 is 2.73 bits per heavy atom. The summed E-state index contributed by atoms with van der Waals surface area (Å²) < 4.78 is 6.75. The first-order valence-electron chi connectivity index (χ1n) is 8.18. The highest BCUT2D eigenvalue weighted by atomic mass is 16.5. The molecule has 0 unspecified atom stereocenters. The van der Waals surface area contributed by atoms with Gasteiger partial charge in [0, 0.05) is 5.69 Å². The lowest BCUT2D eigenvalue weighted by atomic mass is 10.2. The van der Waals surface area contributed by atoms with Gasteiger partial charge < -0.3 is 15.8 Å². The van der Waals surface area contributed by atoms with E-state index < -0.39 is 5.97 Å². The van der Waals surface area contributed by atoms with E-state index in [0.29, 0.717) is 35.2 Å². The van der Waals surface area contributed by atoms with Crippen molar-refractivity contribution >= 4 is 23.2 Å². The minimum atomic E-state index is -0.415. The zero-order valence-electron chi connectivity index (χ0n) is 14.9. The van der Waals surface area contributed by atoms with Gasteiger partial charge in [-0.25, -0.2) is 19.4 Å². The first-order valence-corrected chi connectivity index (χ1v) is 8.18. The van der Waals surface area contributed by atoms with E-state index >= 15 is 0 Å². The number of hydrogen-bond donors (Lipinski definition) is 2. The third-order valence-electron chi connectivity index (χ3n) is 3.75. The molecule has 3 aromatic rings. The Kier molecular flexibility index (Phi) is 4.83. The molecule has 2 aromatic heterocycles. The molecule has 0 atom stereocenters. The molecule has 0 radical (unpaired) electrons. The fourth-order valence-corrected chi connectivity index (χ4v) is 2.60. The molecule has 3 N–H and O–H groups in total. The molecule has 0 bridgehead atoms. The van der Waals surface area contributed by atoms with Crippen molar-refractivity contribution in [3.05, 3.63) is 53.6 Å². The largest absolute Gasteiger partial charge is 0.462 e. The van der Waals surface area contributed by atoms with Gasteiger partial charge in [-0.3, -0.25) is 0 Å². The van der Waals surface area contributed by atoms with E-state index in [0.717, 1.165) is 11.4 Å². The summed E-state index contributed by atoms with van der Waals surface area (Å²) in [5, 5.41) is 7.50. The molecule has 26 heavy (non-hydrogen) atoms. The Balaban J connectivity index is 1.99. The average Bonchev–Trinajstić information content (AvgIpc) is 2.95. The molecule has 1 aromatic carbocycles. The van der Waals surface area contributed by atoms with E-state index in [2.05, 4.69) is 20.4 Å². The maximum absolute atomic E-state index is 12.1. The summed E-state index contributed by atoms with van der Waals surface area (Å²) in [5.74, 6) is 0.447. The topological polar surface area (TPSA) is 108 Å². The maximum atomic E-state index is 12.1. The number of anilines is 3. The van der Waals surface area contributed by atoms with Crippen LogP contribution in [0.5, 0.6) is 0 Å². The summed E-state index contributed by atoms with van der Waals surface area (Å²) in [7, 11) is 0. The SMILES string of the molecule is CCOC(=O)c1ccccc1Nc1ncnc(-n2nc(C)cc2C)c1N. The summed E-state index contributed by atoms with van der Waals surface area (Å²) in [5.41, 5.74) is 9.32. The molecular formula is C18H20N6O2. The second kappa shape index (κ2) is 7.22. The molecular weight excluding hydrogens is 332 g/mol. The van der Waals surface area contributed by atoms with Crippen molar-refractivity contribution in [2.24, 2.45) is 0 Å². The quantitative estimate of drug-likeness (QED) is 0.680. The monoisotopic (exact) mass is 352 g/mol. The van der Waals surface area contributed by atoms with Crippen molar-refractivity contribution in [3.63, 3.8) is 0 Å². The first-order chi connectivity index (χ1) is 12.5. The zero-order chi connectivity index (χ0) is 18.7. The van der Waals surface area contributed by atoms with Gasteiger partial charge in [0.15, 0.2) is 11.6 Å². The Labute approximate surface area is 151 Å². The van der Waals surface area contributed by atoms with E-state index in [1.54, 1.807) is 29.8 Å². The summed E-state index contributed by atoms with van der Waals surface area (Å²) in [6.07, 6.45) is 1.40. The van der Waals surface area contributed by atoms with Gasteiger partial charge >= 0.3 is 5.97 Å². The van der Waals surface area contributed by atoms with Gasteiger partial charge in [0.05, 0.1) is 23.6 Å². The molecule has 134 valence electrons. The number of esters is 1. The number of aromatic nitrogens is 4. The van der Waals surface area contributed by atoms with Crippen LogP contribution < -0.4 is 11.1 Å². The standard InChI is InChI=1S/C18H20N6O2/c1-4-26-18(25)13-7-5-6-8-14(13)22-16-15(19)17(21-10-20-16)24-12(3)9-11(2)23-24/h5-10H,4,19H2,1-3H3,(H,20,21,22). The lowest BCUT2D eigenvalue weighted by Crippen LogP contribution is -2.12. The van der Waals surface area contributed by atoms with Crippen LogP contribution in [0.4, 0.5) is 17.2 Å². The zero-order valence-corrected chi connectivity index (χ0v) is 14.9. The van der Waals surface area contributed by atoms with Gasteiger partial charge in [-0.2, -0.15) is 5.10 Å². The number of hydrogen-bond acceptors (Lipinski definition) is 7. The number of nitrogens with zero attached hydrogens (tertiary/aromatic N) is 4. The number of nitrogens with one attached hydrogen (secondary N) is 1. The van der Waals surface area contributed by atoms with Gasteiger partial charge in [-0.15, -0.1) is 0 Å². The molecule has 0 fully saturated rings. The van der Waals surface area contributed by atoms with Crippen molar-refractivity contribution in [2.75, 3.05) is 17.7 Å². The van der Waals surface area contributed by atoms with E-state index in [1.165, 1.54) is 6.33 Å². The van der Waals surface area contributed by atoms with Crippen LogP contribution in [0.3, 0.4) is 0 Å². The normalized spacial score (nSPS) is 10.6. The third kappa shape index (κ3) is 3.34. The van der Waals surface area contributed by atoms with Crippen molar-refractivity contribution in [1.29, 1.82) is 0 Å². The number of para-hydroxylation sites is 1. The van der Waals surface area contributed by atoms with Crippen molar-refractivity contribution in [1.82, 2.24) is 19.7 Å². The summed E-state index contributed by atoms with van der Waals surface area (Å²) in [6.45, 7) is 5.88. The molecule has 0 saturated heterocycles. The fourth-order valence-electron chi connectivity index (χ4n) is 2.60. The molecule has 8 heteroatoms. The Hall–Kier alpha value is -3.42. The van der Waals surface area contributed by atoms with E-state index in [1.807, 2.05) is 26.0 Å². The molecule has 0 amide bonds. The number of benzene rings is 1. The van der Waals surface area contributed by atoms with Gasteiger partial charge in [0.25, 0.3) is 0 Å². The van der Waals surface area contributed by atoms with E-state index in [4.69, 9.17) is 10.5 Å². The predicted octanol–water partition coefficient (Wildman–Crippen LogP) is 2.78. The second-order valence-corrected chi connectivity index (χ2v) is 5.69. The Morgan fingerprint density at radius 2 is 2.04 bits per heavy atom. The molecule has 0 aliphatic carbocycles. The smallest absolute Gasteiger partial charge is 0.340 e. The summed E-state index contributed by atoms with van der Waals surface area (Å²) in [6, 6.07) is 8.95. The minimum Gasteiger partial charge on any atom is -0.462 e. The van der Waals surface area contributed by atoms with Crippen molar-refractivity contribution in [3.8, 4) is 5.82 Å². The summed E-state index contributed by atoms with van der Waals surface area (Å²) >= 11 is 0. The average molecular weight is 352 g/mol. The van der Waals surface area contributed by atoms with Gasteiger partial charge in [-0.05, 0) is 39.0 Å². The van der Waals surface area contributed by atoms with E-state index in [9.17, 15) is 4.79 Å². The molecule has 0 saturated carbocycles. The minimum absolute atomic E-state index is 0.297. The van der Waals surface area contributed by atoms with Gasteiger partial charge in [0.1, 0.15) is 12.0 Å². The molecule has 0 spiro atoms. The molecule has 0 aliphatic heterocycles. The van der Waals surface area contributed by atoms with Crippen LogP contribution in [0.15, 0.2) is 36.7 Å².